The Hall–Kier alpha value is -1.95. The van der Waals surface area contributed by atoms with Gasteiger partial charge in [-0.05, 0) is 38.0 Å². The molecule has 0 aliphatic heterocycles. The first-order chi connectivity index (χ1) is 9.26. The molecule has 6 heteroatoms. The van der Waals surface area contributed by atoms with Crippen molar-refractivity contribution in [2.24, 2.45) is 0 Å². The number of carbonyl (C=O) groups is 1. The van der Waals surface area contributed by atoms with Crippen LogP contribution in [0.1, 0.15) is 30.1 Å². The van der Waals surface area contributed by atoms with Crippen molar-refractivity contribution in [2.75, 3.05) is 13.2 Å². The van der Waals surface area contributed by atoms with E-state index in [2.05, 4.69) is 15.6 Å². The lowest BCUT2D eigenvalue weighted by Gasteiger charge is -2.04. The number of nitrogens with zero attached hydrogens (tertiary/aromatic N) is 3. The second-order valence-corrected chi connectivity index (χ2v) is 4.30. The Bertz CT molecular complexity index is 565. The van der Waals surface area contributed by atoms with Crippen molar-refractivity contribution in [3.05, 3.63) is 23.8 Å². The SMILES string of the molecule is CCn1nnc2cc(C(=O)NCCCCO)ccc21. The van der Waals surface area contributed by atoms with Gasteiger partial charge in [-0.2, -0.15) is 0 Å². The zero-order chi connectivity index (χ0) is 13.7. The Balaban J connectivity index is 2.06. The normalized spacial score (nSPS) is 10.8. The number of amides is 1. The molecule has 0 saturated carbocycles. The molecule has 0 bridgehead atoms. The van der Waals surface area contributed by atoms with E-state index in [1.54, 1.807) is 16.8 Å². The zero-order valence-corrected chi connectivity index (χ0v) is 11.0. The summed E-state index contributed by atoms with van der Waals surface area (Å²) in [5.74, 6) is -0.120. The van der Waals surface area contributed by atoms with Gasteiger partial charge in [0.15, 0.2) is 0 Å². The van der Waals surface area contributed by atoms with Gasteiger partial charge in [0.25, 0.3) is 5.91 Å². The molecule has 1 heterocycles. The van der Waals surface area contributed by atoms with Gasteiger partial charge in [0.1, 0.15) is 5.52 Å². The molecule has 1 amide bonds. The fraction of sp³-hybridized carbons (Fsp3) is 0.462. The Labute approximate surface area is 111 Å². The van der Waals surface area contributed by atoms with E-state index in [1.807, 2.05) is 13.0 Å². The fourth-order valence-electron chi connectivity index (χ4n) is 1.89. The van der Waals surface area contributed by atoms with E-state index in [0.717, 1.165) is 24.0 Å². The van der Waals surface area contributed by atoms with Crippen LogP contribution in [0.5, 0.6) is 0 Å². The molecule has 0 atom stereocenters. The number of nitrogens with one attached hydrogen (secondary N) is 1. The first-order valence-corrected chi connectivity index (χ1v) is 6.48. The smallest absolute Gasteiger partial charge is 0.251 e. The molecule has 19 heavy (non-hydrogen) atoms. The number of hydrogen-bond acceptors (Lipinski definition) is 4. The summed E-state index contributed by atoms with van der Waals surface area (Å²) >= 11 is 0. The third-order valence-corrected chi connectivity index (χ3v) is 2.95. The fourth-order valence-corrected chi connectivity index (χ4v) is 1.89. The van der Waals surface area contributed by atoms with Crippen molar-refractivity contribution in [3.63, 3.8) is 0 Å². The molecule has 2 N–H and O–H groups in total. The number of aromatic nitrogens is 3. The monoisotopic (exact) mass is 262 g/mol. The number of rotatable bonds is 6. The lowest BCUT2D eigenvalue weighted by Crippen LogP contribution is -2.24. The van der Waals surface area contributed by atoms with Crippen LogP contribution in [0.25, 0.3) is 11.0 Å². The minimum Gasteiger partial charge on any atom is -0.396 e. The van der Waals surface area contributed by atoms with Crippen LogP contribution in [-0.4, -0.2) is 39.2 Å². The van der Waals surface area contributed by atoms with E-state index >= 15 is 0 Å². The molecule has 0 aliphatic rings. The molecule has 0 unspecified atom stereocenters. The standard InChI is InChI=1S/C13H18N4O2/c1-2-17-12-6-5-10(9-11(12)15-16-17)13(19)14-7-3-4-8-18/h5-6,9,18H,2-4,7-8H2,1H3,(H,14,19). The number of aliphatic hydroxyl groups is 1. The minimum atomic E-state index is -0.120. The van der Waals surface area contributed by atoms with E-state index in [1.165, 1.54) is 0 Å². The van der Waals surface area contributed by atoms with Gasteiger partial charge in [0, 0.05) is 25.3 Å². The van der Waals surface area contributed by atoms with Crippen molar-refractivity contribution >= 4 is 16.9 Å². The first kappa shape index (κ1) is 13.5. The quantitative estimate of drug-likeness (QED) is 0.760. The second kappa shape index (κ2) is 6.29. The van der Waals surface area contributed by atoms with Crippen molar-refractivity contribution in [3.8, 4) is 0 Å². The van der Waals surface area contributed by atoms with Gasteiger partial charge in [-0.1, -0.05) is 5.21 Å². The third-order valence-electron chi connectivity index (χ3n) is 2.95. The van der Waals surface area contributed by atoms with Crippen LogP contribution < -0.4 is 5.32 Å². The predicted molar refractivity (Wildman–Crippen MR) is 71.9 cm³/mol. The van der Waals surface area contributed by atoms with E-state index < -0.39 is 0 Å². The van der Waals surface area contributed by atoms with Crippen LogP contribution in [0.4, 0.5) is 0 Å². The van der Waals surface area contributed by atoms with Crippen LogP contribution in [0.2, 0.25) is 0 Å². The van der Waals surface area contributed by atoms with Crippen molar-refractivity contribution in [1.29, 1.82) is 0 Å². The van der Waals surface area contributed by atoms with Gasteiger partial charge < -0.3 is 10.4 Å². The average Bonchev–Trinajstić information content (AvgIpc) is 2.85. The Morgan fingerprint density at radius 2 is 2.26 bits per heavy atom. The molecular formula is C13H18N4O2. The van der Waals surface area contributed by atoms with Crippen LogP contribution in [-0.2, 0) is 6.54 Å². The van der Waals surface area contributed by atoms with Crippen LogP contribution in [0.3, 0.4) is 0 Å². The number of benzene rings is 1. The maximum absolute atomic E-state index is 11.9. The molecule has 0 fully saturated rings. The highest BCUT2D eigenvalue weighted by Gasteiger charge is 2.09. The summed E-state index contributed by atoms with van der Waals surface area (Å²) < 4.78 is 1.79. The molecule has 0 spiro atoms. The van der Waals surface area contributed by atoms with Crippen molar-refractivity contribution < 1.29 is 9.90 Å². The Morgan fingerprint density at radius 3 is 3.00 bits per heavy atom. The van der Waals surface area contributed by atoms with Crippen LogP contribution >= 0.6 is 0 Å². The number of hydrogen-bond donors (Lipinski definition) is 2. The van der Waals surface area contributed by atoms with Gasteiger partial charge in [-0.25, -0.2) is 4.68 Å². The van der Waals surface area contributed by atoms with E-state index in [-0.39, 0.29) is 12.5 Å². The number of carbonyl (C=O) groups excluding carboxylic acids is 1. The zero-order valence-electron chi connectivity index (χ0n) is 11.0. The number of unbranched alkanes of at least 4 members (excludes halogenated alkanes) is 1. The highest BCUT2D eigenvalue weighted by Crippen LogP contribution is 2.13. The minimum absolute atomic E-state index is 0.120. The molecule has 0 aliphatic carbocycles. The van der Waals surface area contributed by atoms with Crippen LogP contribution in [0, 0.1) is 0 Å². The molecule has 2 aromatic rings. The Kier molecular flexibility index (Phi) is 4.46. The van der Waals surface area contributed by atoms with Gasteiger partial charge >= 0.3 is 0 Å². The van der Waals surface area contributed by atoms with E-state index in [4.69, 9.17) is 5.11 Å². The van der Waals surface area contributed by atoms with E-state index in [9.17, 15) is 4.79 Å². The summed E-state index contributed by atoms with van der Waals surface area (Å²) in [7, 11) is 0. The van der Waals surface area contributed by atoms with Crippen molar-refractivity contribution in [2.45, 2.75) is 26.3 Å². The molecule has 2 rings (SSSR count). The van der Waals surface area contributed by atoms with Gasteiger partial charge in [-0.3, -0.25) is 4.79 Å². The van der Waals surface area contributed by atoms with E-state index in [0.29, 0.717) is 18.5 Å². The summed E-state index contributed by atoms with van der Waals surface area (Å²) in [5.41, 5.74) is 2.24. The first-order valence-electron chi connectivity index (χ1n) is 6.48. The predicted octanol–water partition coefficient (Wildman–Crippen LogP) is 0.953. The number of aliphatic hydroxyl groups excluding tert-OH is 1. The summed E-state index contributed by atoms with van der Waals surface area (Å²) in [6.07, 6.45) is 1.47. The molecule has 0 radical (unpaired) electrons. The molecular weight excluding hydrogens is 244 g/mol. The van der Waals surface area contributed by atoms with Crippen LogP contribution in [0.15, 0.2) is 18.2 Å². The average molecular weight is 262 g/mol. The number of fused-ring (bicyclic) bond motifs is 1. The van der Waals surface area contributed by atoms with Gasteiger partial charge in [-0.15, -0.1) is 5.10 Å². The molecule has 1 aromatic carbocycles. The molecule has 0 saturated heterocycles. The Morgan fingerprint density at radius 1 is 1.42 bits per heavy atom. The summed E-state index contributed by atoms with van der Waals surface area (Å²) in [5, 5.41) is 19.5. The maximum atomic E-state index is 11.9. The highest BCUT2D eigenvalue weighted by atomic mass is 16.2. The summed E-state index contributed by atoms with van der Waals surface area (Å²) in [6, 6.07) is 5.39. The van der Waals surface area contributed by atoms with Gasteiger partial charge in [0.05, 0.1) is 5.52 Å². The topological polar surface area (TPSA) is 80.0 Å². The second-order valence-electron chi connectivity index (χ2n) is 4.30. The molecule has 1 aromatic heterocycles. The molecule has 102 valence electrons. The third kappa shape index (κ3) is 3.08. The number of aryl methyl sites for hydroxylation is 1. The summed E-state index contributed by atoms with van der Waals surface area (Å²) in [4.78, 5) is 11.9. The van der Waals surface area contributed by atoms with Crippen molar-refractivity contribution in [1.82, 2.24) is 20.3 Å². The largest absolute Gasteiger partial charge is 0.396 e. The highest BCUT2D eigenvalue weighted by molar-refractivity contribution is 5.97. The lowest BCUT2D eigenvalue weighted by molar-refractivity contribution is 0.0952. The molecule has 6 nitrogen and oxygen atoms in total. The maximum Gasteiger partial charge on any atom is 0.251 e. The summed E-state index contributed by atoms with van der Waals surface area (Å²) in [6.45, 7) is 3.47. The lowest BCUT2D eigenvalue weighted by atomic mass is 10.2. The van der Waals surface area contributed by atoms with Gasteiger partial charge in [0.2, 0.25) is 0 Å².